The molecule has 9 heteroatoms. The van der Waals surface area contributed by atoms with Crippen LogP contribution >= 0.6 is 0 Å². The number of carbonyl (C=O) groups is 3. The van der Waals surface area contributed by atoms with E-state index in [1.165, 1.54) is 48.5 Å². The van der Waals surface area contributed by atoms with Gasteiger partial charge in [0.15, 0.2) is 0 Å². The van der Waals surface area contributed by atoms with Gasteiger partial charge >= 0.3 is 11.8 Å². The fraction of sp³-hybridized carbons (Fsp3) is 0. The fourth-order valence-electron chi connectivity index (χ4n) is 1.72. The molecule has 122 valence electrons. The molecule has 4 N–H and O–H groups in total. The van der Waals surface area contributed by atoms with Crippen molar-refractivity contribution in [3.63, 3.8) is 0 Å². The van der Waals surface area contributed by atoms with Gasteiger partial charge in [-0.1, -0.05) is 0 Å². The zero-order valence-electron chi connectivity index (χ0n) is 12.2. The molecule has 0 atom stereocenters. The highest BCUT2D eigenvalue weighted by molar-refractivity contribution is 6.42. The smallest absolute Gasteiger partial charge is 0.316 e. The third kappa shape index (κ3) is 4.13. The average molecular weight is 328 g/mol. The summed E-state index contributed by atoms with van der Waals surface area (Å²) >= 11 is 0. The van der Waals surface area contributed by atoms with Gasteiger partial charge in [-0.3, -0.25) is 29.8 Å². The molecule has 9 nitrogen and oxygen atoms in total. The molecule has 24 heavy (non-hydrogen) atoms. The van der Waals surface area contributed by atoms with Crippen LogP contribution in [0.15, 0.2) is 48.5 Å². The molecule has 2 aromatic rings. The maximum atomic E-state index is 11.8. The zero-order chi connectivity index (χ0) is 17.7. The quantitative estimate of drug-likeness (QED) is 0.333. The first-order chi connectivity index (χ1) is 11.4. The van der Waals surface area contributed by atoms with Gasteiger partial charge in [-0.2, -0.15) is 0 Å². The summed E-state index contributed by atoms with van der Waals surface area (Å²) in [5, 5.41) is 14.7. The molecular weight excluding hydrogens is 316 g/mol. The van der Waals surface area contributed by atoms with E-state index in [2.05, 4.69) is 5.32 Å². The van der Waals surface area contributed by atoms with Crippen molar-refractivity contribution in [2.24, 2.45) is 0 Å². The van der Waals surface area contributed by atoms with Gasteiger partial charge in [0.25, 0.3) is 11.6 Å². The van der Waals surface area contributed by atoms with E-state index in [4.69, 9.17) is 5.73 Å². The Morgan fingerprint density at radius 3 is 2.04 bits per heavy atom. The third-order valence-electron chi connectivity index (χ3n) is 2.94. The molecule has 2 rings (SSSR count). The second-order valence-electron chi connectivity index (χ2n) is 4.66. The SMILES string of the molecule is Nc1ccc(C(=O)NC(=O)C(=O)Nc2ccc([N+](=O)[O-])cc2)cc1. The van der Waals surface area contributed by atoms with E-state index >= 15 is 0 Å². The summed E-state index contributed by atoms with van der Waals surface area (Å²) in [6, 6.07) is 10.7. The first-order valence-corrected chi connectivity index (χ1v) is 6.63. The molecule has 2 aromatic carbocycles. The van der Waals surface area contributed by atoms with Crippen LogP contribution in [0.4, 0.5) is 17.1 Å². The highest BCUT2D eigenvalue weighted by Crippen LogP contribution is 2.15. The summed E-state index contributed by atoms with van der Waals surface area (Å²) in [5.41, 5.74) is 6.13. The number of rotatable bonds is 3. The molecule has 0 fully saturated rings. The average Bonchev–Trinajstić information content (AvgIpc) is 2.55. The van der Waals surface area contributed by atoms with E-state index in [1.807, 2.05) is 5.32 Å². The van der Waals surface area contributed by atoms with Crippen LogP contribution in [0.2, 0.25) is 0 Å². The van der Waals surface area contributed by atoms with Crippen LogP contribution in [0, 0.1) is 10.1 Å². The van der Waals surface area contributed by atoms with Gasteiger partial charge in [0, 0.05) is 29.1 Å². The molecule has 0 radical (unpaired) electrons. The molecule has 0 bridgehead atoms. The number of benzene rings is 2. The van der Waals surface area contributed by atoms with Crippen LogP contribution in [0.3, 0.4) is 0 Å². The number of amides is 3. The summed E-state index contributed by atoms with van der Waals surface area (Å²) in [7, 11) is 0. The van der Waals surface area contributed by atoms with E-state index in [0.717, 1.165) is 0 Å². The Morgan fingerprint density at radius 2 is 1.50 bits per heavy atom. The minimum absolute atomic E-state index is 0.157. The van der Waals surface area contributed by atoms with Crippen molar-refractivity contribution in [3.8, 4) is 0 Å². The van der Waals surface area contributed by atoms with Crippen molar-refractivity contribution in [2.45, 2.75) is 0 Å². The second-order valence-corrected chi connectivity index (χ2v) is 4.66. The molecule has 0 aliphatic carbocycles. The number of nitrogens with one attached hydrogen (secondary N) is 2. The van der Waals surface area contributed by atoms with E-state index < -0.39 is 22.6 Å². The van der Waals surface area contributed by atoms with Crippen LogP contribution in [-0.2, 0) is 9.59 Å². The van der Waals surface area contributed by atoms with Gasteiger partial charge in [-0.15, -0.1) is 0 Å². The lowest BCUT2D eigenvalue weighted by molar-refractivity contribution is -0.384. The Labute approximate surface area is 135 Å². The van der Waals surface area contributed by atoms with E-state index in [9.17, 15) is 24.5 Å². The maximum Gasteiger partial charge on any atom is 0.316 e. The molecule has 0 spiro atoms. The highest BCUT2D eigenvalue weighted by atomic mass is 16.6. The van der Waals surface area contributed by atoms with Crippen molar-refractivity contribution in [1.82, 2.24) is 5.32 Å². The van der Waals surface area contributed by atoms with E-state index in [-0.39, 0.29) is 16.9 Å². The Balaban J connectivity index is 1.96. The Bertz CT molecular complexity index is 800. The lowest BCUT2D eigenvalue weighted by Crippen LogP contribution is -2.39. The van der Waals surface area contributed by atoms with Crippen molar-refractivity contribution in [2.75, 3.05) is 11.1 Å². The third-order valence-corrected chi connectivity index (χ3v) is 2.94. The van der Waals surface area contributed by atoms with Gasteiger partial charge in [-0.25, -0.2) is 0 Å². The molecule has 0 aliphatic rings. The van der Waals surface area contributed by atoms with Crippen molar-refractivity contribution in [3.05, 3.63) is 64.2 Å². The summed E-state index contributed by atoms with van der Waals surface area (Å²) in [6.45, 7) is 0. The number of nitro groups is 1. The molecule has 0 heterocycles. The van der Waals surface area contributed by atoms with E-state index in [0.29, 0.717) is 5.69 Å². The van der Waals surface area contributed by atoms with Crippen LogP contribution in [0.25, 0.3) is 0 Å². The predicted molar refractivity (Wildman–Crippen MR) is 85.1 cm³/mol. The normalized spacial score (nSPS) is 9.83. The number of nitrogen functional groups attached to an aromatic ring is 1. The fourth-order valence-corrected chi connectivity index (χ4v) is 1.72. The maximum absolute atomic E-state index is 11.8. The summed E-state index contributed by atoms with van der Waals surface area (Å²) < 4.78 is 0. The molecular formula is C15H12N4O5. The topological polar surface area (TPSA) is 144 Å². The van der Waals surface area contributed by atoms with Gasteiger partial charge in [-0.05, 0) is 36.4 Å². The van der Waals surface area contributed by atoms with Crippen LogP contribution in [-0.4, -0.2) is 22.6 Å². The van der Waals surface area contributed by atoms with Gasteiger partial charge < -0.3 is 11.1 Å². The Hall–Kier alpha value is -3.75. The number of hydrogen-bond acceptors (Lipinski definition) is 6. The van der Waals surface area contributed by atoms with Crippen LogP contribution in [0.1, 0.15) is 10.4 Å². The molecule has 0 aliphatic heterocycles. The Morgan fingerprint density at radius 1 is 0.917 bits per heavy atom. The molecule has 3 amide bonds. The lowest BCUT2D eigenvalue weighted by Gasteiger charge is -2.06. The molecule has 0 unspecified atom stereocenters. The summed E-state index contributed by atoms with van der Waals surface area (Å²) in [5.74, 6) is -2.98. The van der Waals surface area contributed by atoms with Crippen LogP contribution < -0.4 is 16.4 Å². The number of nitrogens with zero attached hydrogens (tertiary/aromatic N) is 1. The number of non-ortho nitro benzene ring substituents is 1. The van der Waals surface area contributed by atoms with Crippen molar-refractivity contribution < 1.29 is 19.3 Å². The molecule has 0 saturated heterocycles. The first-order valence-electron chi connectivity index (χ1n) is 6.63. The largest absolute Gasteiger partial charge is 0.399 e. The minimum atomic E-state index is -1.16. The summed E-state index contributed by atoms with van der Waals surface area (Å²) in [4.78, 5) is 45.2. The molecule has 0 saturated carbocycles. The number of hydrogen-bond donors (Lipinski definition) is 3. The summed E-state index contributed by atoms with van der Waals surface area (Å²) in [6.07, 6.45) is 0. The second kappa shape index (κ2) is 7.01. The van der Waals surface area contributed by atoms with E-state index in [1.54, 1.807) is 0 Å². The first kappa shape index (κ1) is 16.6. The lowest BCUT2D eigenvalue weighted by atomic mass is 10.2. The number of anilines is 2. The highest BCUT2D eigenvalue weighted by Gasteiger charge is 2.18. The standard InChI is InChI=1S/C15H12N4O5/c16-10-3-1-9(2-4-10)13(20)18-15(22)14(21)17-11-5-7-12(8-6-11)19(23)24/h1-8H,16H2,(H,17,21)(H,18,20,22). The molecule has 0 aromatic heterocycles. The van der Waals surface area contributed by atoms with Gasteiger partial charge in [0.1, 0.15) is 0 Å². The van der Waals surface area contributed by atoms with Gasteiger partial charge in [0.2, 0.25) is 0 Å². The monoisotopic (exact) mass is 328 g/mol. The number of nitro benzene ring substituents is 1. The van der Waals surface area contributed by atoms with Gasteiger partial charge in [0.05, 0.1) is 4.92 Å². The minimum Gasteiger partial charge on any atom is -0.399 e. The predicted octanol–water partition coefficient (Wildman–Crippen LogP) is 1.07. The zero-order valence-corrected chi connectivity index (χ0v) is 12.2. The number of nitrogens with two attached hydrogens (primary N) is 1. The number of imide groups is 1. The van der Waals surface area contributed by atoms with Crippen LogP contribution in [0.5, 0.6) is 0 Å². The van der Waals surface area contributed by atoms with Crippen molar-refractivity contribution >= 4 is 34.8 Å². The van der Waals surface area contributed by atoms with Crippen molar-refractivity contribution in [1.29, 1.82) is 0 Å². The Kier molecular flexibility index (Phi) is 4.85. The number of carbonyl (C=O) groups excluding carboxylic acids is 3.